The minimum Gasteiger partial charge on any atom is -0.294 e. The molecule has 0 bridgehead atoms. The van der Waals surface area contributed by atoms with E-state index in [0.29, 0.717) is 5.78 Å². The number of aryl methyl sites for hydroxylation is 1. The molecule has 1 nitrogen and oxygen atoms in total. The number of Topliss-reactive ketones (excluding diaryl/α,β-unsaturated/α-hetero) is 1. The third-order valence-corrected chi connectivity index (χ3v) is 3.74. The molecule has 84 valence electrons. The second-order valence-corrected chi connectivity index (χ2v) is 5.12. The smallest absolute Gasteiger partial charge is 0.167 e. The van der Waals surface area contributed by atoms with Crippen LogP contribution in [0, 0.1) is 12.8 Å². The highest BCUT2D eigenvalue weighted by atomic mass is 32.1. The topological polar surface area (TPSA) is 17.1 Å². The van der Waals surface area contributed by atoms with E-state index in [1.807, 2.05) is 18.4 Å². The number of hydrogen-bond acceptors (Lipinski definition) is 2. The van der Waals surface area contributed by atoms with Gasteiger partial charge in [0.25, 0.3) is 0 Å². The number of unbranched alkanes of at least 4 members (excludes halogenated alkanes) is 1. The minimum atomic E-state index is 0.234. The molecule has 0 spiro atoms. The van der Waals surface area contributed by atoms with Crippen LogP contribution in [-0.2, 0) is 0 Å². The molecule has 0 radical (unpaired) electrons. The first-order valence-corrected chi connectivity index (χ1v) is 6.66. The van der Waals surface area contributed by atoms with Crippen LogP contribution in [-0.4, -0.2) is 5.78 Å². The first-order chi connectivity index (χ1) is 7.20. The maximum absolute atomic E-state index is 12.2. The summed E-state index contributed by atoms with van der Waals surface area (Å²) in [7, 11) is 0. The standard InChI is InChI=1S/C13H20OS/c1-4-6-7-11(5-2)13(14)12-8-9-15-10(12)3/h8-9,11H,4-7H2,1-3H3. The largest absolute Gasteiger partial charge is 0.294 e. The van der Waals surface area contributed by atoms with E-state index in [2.05, 4.69) is 13.8 Å². The molecule has 15 heavy (non-hydrogen) atoms. The predicted molar refractivity (Wildman–Crippen MR) is 66.7 cm³/mol. The Morgan fingerprint density at radius 3 is 2.67 bits per heavy atom. The van der Waals surface area contributed by atoms with Crippen molar-refractivity contribution in [3.8, 4) is 0 Å². The first kappa shape index (κ1) is 12.4. The molecule has 1 aromatic heterocycles. The molecule has 0 aliphatic carbocycles. The lowest BCUT2D eigenvalue weighted by Gasteiger charge is -2.12. The molecular formula is C13H20OS. The van der Waals surface area contributed by atoms with Crippen LogP contribution >= 0.6 is 11.3 Å². The quantitative estimate of drug-likeness (QED) is 0.652. The van der Waals surface area contributed by atoms with Crippen LogP contribution in [0.4, 0.5) is 0 Å². The second-order valence-electron chi connectivity index (χ2n) is 4.00. The van der Waals surface area contributed by atoms with E-state index in [4.69, 9.17) is 0 Å². The lowest BCUT2D eigenvalue weighted by atomic mass is 9.91. The van der Waals surface area contributed by atoms with Crippen molar-refractivity contribution in [3.63, 3.8) is 0 Å². The van der Waals surface area contributed by atoms with Crippen LogP contribution in [0.1, 0.15) is 54.8 Å². The first-order valence-electron chi connectivity index (χ1n) is 5.79. The zero-order chi connectivity index (χ0) is 11.3. The highest BCUT2D eigenvalue weighted by Gasteiger charge is 2.19. The lowest BCUT2D eigenvalue weighted by molar-refractivity contribution is 0.0908. The molecule has 0 N–H and O–H groups in total. The minimum absolute atomic E-state index is 0.234. The average Bonchev–Trinajstić information content (AvgIpc) is 2.65. The average molecular weight is 224 g/mol. The van der Waals surface area contributed by atoms with Crippen LogP contribution in [0.5, 0.6) is 0 Å². The predicted octanol–water partition coefficient (Wildman–Crippen LogP) is 4.46. The van der Waals surface area contributed by atoms with E-state index in [1.165, 1.54) is 6.42 Å². The Labute approximate surface area is 96.5 Å². The summed E-state index contributed by atoms with van der Waals surface area (Å²) >= 11 is 1.66. The molecule has 0 aliphatic rings. The van der Waals surface area contributed by atoms with Gasteiger partial charge >= 0.3 is 0 Å². The van der Waals surface area contributed by atoms with Gasteiger partial charge in [-0.3, -0.25) is 4.79 Å². The number of carbonyl (C=O) groups excluding carboxylic acids is 1. The van der Waals surface area contributed by atoms with Gasteiger partial charge in [0, 0.05) is 16.4 Å². The Morgan fingerprint density at radius 1 is 1.47 bits per heavy atom. The van der Waals surface area contributed by atoms with Crippen LogP contribution in [0.2, 0.25) is 0 Å². The van der Waals surface area contributed by atoms with Gasteiger partial charge in [0.1, 0.15) is 0 Å². The van der Waals surface area contributed by atoms with Gasteiger partial charge in [-0.1, -0.05) is 26.7 Å². The fraction of sp³-hybridized carbons (Fsp3) is 0.615. The lowest BCUT2D eigenvalue weighted by Crippen LogP contribution is -2.14. The van der Waals surface area contributed by atoms with Crippen LogP contribution in [0.15, 0.2) is 11.4 Å². The van der Waals surface area contributed by atoms with E-state index in [9.17, 15) is 4.79 Å². The van der Waals surface area contributed by atoms with Crippen molar-refractivity contribution in [2.75, 3.05) is 0 Å². The molecule has 0 aromatic carbocycles. The summed E-state index contributed by atoms with van der Waals surface area (Å²) in [4.78, 5) is 13.3. The van der Waals surface area contributed by atoms with Gasteiger partial charge in [0.2, 0.25) is 0 Å². The maximum Gasteiger partial charge on any atom is 0.167 e. The van der Waals surface area contributed by atoms with E-state index in [1.54, 1.807) is 11.3 Å². The summed E-state index contributed by atoms with van der Waals surface area (Å²) in [5, 5.41) is 2.01. The van der Waals surface area contributed by atoms with Crippen molar-refractivity contribution < 1.29 is 4.79 Å². The Morgan fingerprint density at radius 2 is 2.20 bits per heavy atom. The Bertz CT molecular complexity index is 314. The second kappa shape index (κ2) is 6.06. The molecule has 1 rings (SSSR count). The number of rotatable bonds is 6. The van der Waals surface area contributed by atoms with Gasteiger partial charge in [-0.15, -0.1) is 11.3 Å². The van der Waals surface area contributed by atoms with Crippen LogP contribution in [0.25, 0.3) is 0 Å². The Balaban J connectivity index is 2.69. The third kappa shape index (κ3) is 3.16. The zero-order valence-electron chi connectivity index (χ0n) is 9.88. The number of hydrogen-bond donors (Lipinski definition) is 0. The van der Waals surface area contributed by atoms with Crippen molar-refractivity contribution in [1.82, 2.24) is 0 Å². The van der Waals surface area contributed by atoms with Crippen LogP contribution < -0.4 is 0 Å². The molecule has 0 saturated heterocycles. The Hall–Kier alpha value is -0.630. The van der Waals surface area contributed by atoms with Gasteiger partial charge in [0.05, 0.1) is 0 Å². The zero-order valence-corrected chi connectivity index (χ0v) is 10.7. The van der Waals surface area contributed by atoms with Gasteiger partial charge in [-0.2, -0.15) is 0 Å². The van der Waals surface area contributed by atoms with Gasteiger partial charge < -0.3 is 0 Å². The van der Waals surface area contributed by atoms with Gasteiger partial charge in [-0.25, -0.2) is 0 Å². The fourth-order valence-corrected chi connectivity index (χ4v) is 2.54. The molecule has 0 amide bonds. The molecular weight excluding hydrogens is 204 g/mol. The highest BCUT2D eigenvalue weighted by molar-refractivity contribution is 7.10. The van der Waals surface area contributed by atoms with Crippen LogP contribution in [0.3, 0.4) is 0 Å². The summed E-state index contributed by atoms with van der Waals surface area (Å²) in [5.74, 6) is 0.586. The number of ketones is 1. The summed E-state index contributed by atoms with van der Waals surface area (Å²) < 4.78 is 0. The molecule has 2 heteroatoms. The van der Waals surface area contributed by atoms with Crippen molar-refractivity contribution in [2.45, 2.75) is 46.5 Å². The highest BCUT2D eigenvalue weighted by Crippen LogP contribution is 2.23. The third-order valence-electron chi connectivity index (χ3n) is 2.89. The van der Waals surface area contributed by atoms with Crippen molar-refractivity contribution in [1.29, 1.82) is 0 Å². The number of thiophene rings is 1. The normalized spacial score (nSPS) is 12.7. The van der Waals surface area contributed by atoms with E-state index in [-0.39, 0.29) is 5.92 Å². The van der Waals surface area contributed by atoms with E-state index >= 15 is 0 Å². The van der Waals surface area contributed by atoms with E-state index < -0.39 is 0 Å². The van der Waals surface area contributed by atoms with E-state index in [0.717, 1.165) is 29.7 Å². The Kier molecular flexibility index (Phi) is 5.03. The molecule has 0 saturated carbocycles. The SMILES string of the molecule is CCCCC(CC)C(=O)c1ccsc1C. The molecule has 1 aromatic rings. The molecule has 0 aliphatic heterocycles. The molecule has 1 unspecified atom stereocenters. The molecule has 0 fully saturated rings. The van der Waals surface area contributed by atoms with Gasteiger partial charge in [-0.05, 0) is 31.2 Å². The maximum atomic E-state index is 12.2. The van der Waals surface area contributed by atoms with Crippen molar-refractivity contribution >= 4 is 17.1 Å². The van der Waals surface area contributed by atoms with Gasteiger partial charge in [0.15, 0.2) is 5.78 Å². The monoisotopic (exact) mass is 224 g/mol. The molecule has 1 heterocycles. The summed E-state index contributed by atoms with van der Waals surface area (Å²) in [6.07, 6.45) is 4.34. The fourth-order valence-electron chi connectivity index (χ4n) is 1.83. The van der Waals surface area contributed by atoms with Crippen molar-refractivity contribution in [2.24, 2.45) is 5.92 Å². The summed E-state index contributed by atoms with van der Waals surface area (Å²) in [6.45, 7) is 6.32. The van der Waals surface area contributed by atoms with Crippen molar-refractivity contribution in [3.05, 3.63) is 21.9 Å². The summed E-state index contributed by atoms with van der Waals surface area (Å²) in [5.41, 5.74) is 0.947. The molecule has 1 atom stereocenters. The summed E-state index contributed by atoms with van der Waals surface area (Å²) in [6, 6.07) is 1.97. The number of carbonyl (C=O) groups is 1.